The second-order valence-electron chi connectivity index (χ2n) is 8.05. The molecule has 1 unspecified atom stereocenters. The van der Waals surface area contributed by atoms with Crippen LogP contribution in [0.2, 0.25) is 0 Å². The SMILES string of the molecule is Cc1oc(-c2cnn(C)c2)nc1C(=O)N1CCCC(c2nc3c(s2)CCCC3)C1. The number of carbonyl (C=O) groups excluding carboxylic acids is 1. The van der Waals surface area contributed by atoms with Crippen molar-refractivity contribution in [1.29, 1.82) is 0 Å². The molecule has 1 saturated heterocycles. The third kappa shape index (κ3) is 3.50. The Balaban J connectivity index is 1.35. The van der Waals surface area contributed by atoms with Gasteiger partial charge in [-0.2, -0.15) is 5.10 Å². The highest BCUT2D eigenvalue weighted by atomic mass is 32.1. The Bertz CT molecular complexity index is 1030. The van der Waals surface area contributed by atoms with Crippen LogP contribution in [0.4, 0.5) is 0 Å². The predicted octanol–water partition coefficient (Wildman–Crippen LogP) is 3.74. The van der Waals surface area contributed by atoms with Crippen molar-refractivity contribution < 1.29 is 9.21 Å². The van der Waals surface area contributed by atoms with Crippen LogP contribution >= 0.6 is 11.3 Å². The van der Waals surface area contributed by atoms with Crippen LogP contribution in [-0.2, 0) is 19.9 Å². The van der Waals surface area contributed by atoms with Crippen LogP contribution in [0.15, 0.2) is 16.8 Å². The molecule has 0 N–H and O–H groups in total. The number of aryl methyl sites for hydroxylation is 4. The van der Waals surface area contributed by atoms with Crippen molar-refractivity contribution in [2.45, 2.75) is 51.4 Å². The minimum Gasteiger partial charge on any atom is -0.440 e. The lowest BCUT2D eigenvalue weighted by atomic mass is 9.98. The van der Waals surface area contributed by atoms with Gasteiger partial charge in [0.1, 0.15) is 5.76 Å². The minimum absolute atomic E-state index is 0.0487. The molecule has 7 nitrogen and oxygen atoms in total. The van der Waals surface area contributed by atoms with Crippen molar-refractivity contribution in [3.63, 3.8) is 0 Å². The Morgan fingerprint density at radius 3 is 2.90 bits per heavy atom. The van der Waals surface area contributed by atoms with Gasteiger partial charge in [0.05, 0.1) is 22.5 Å². The topological polar surface area (TPSA) is 77.0 Å². The summed E-state index contributed by atoms with van der Waals surface area (Å²) < 4.78 is 7.46. The number of nitrogens with zero attached hydrogens (tertiary/aromatic N) is 5. The van der Waals surface area contributed by atoms with E-state index in [4.69, 9.17) is 9.40 Å². The van der Waals surface area contributed by atoms with Crippen LogP contribution in [0.5, 0.6) is 0 Å². The number of amides is 1. The zero-order chi connectivity index (χ0) is 20.0. The van der Waals surface area contributed by atoms with Crippen molar-refractivity contribution in [1.82, 2.24) is 24.6 Å². The molecule has 29 heavy (non-hydrogen) atoms. The molecule has 1 aliphatic heterocycles. The molecule has 3 aromatic rings. The Kier molecular flexibility index (Phi) is 4.73. The van der Waals surface area contributed by atoms with Gasteiger partial charge in [0, 0.05) is 37.1 Å². The number of piperidine rings is 1. The third-order valence-electron chi connectivity index (χ3n) is 5.87. The van der Waals surface area contributed by atoms with E-state index in [-0.39, 0.29) is 5.91 Å². The van der Waals surface area contributed by atoms with Crippen LogP contribution in [-0.4, -0.2) is 43.6 Å². The first-order valence-corrected chi connectivity index (χ1v) is 11.1. The van der Waals surface area contributed by atoms with Crippen LogP contribution in [0.1, 0.15) is 63.4 Å². The summed E-state index contributed by atoms with van der Waals surface area (Å²) >= 11 is 1.87. The Morgan fingerprint density at radius 2 is 2.10 bits per heavy atom. The quantitative estimate of drug-likeness (QED) is 0.656. The lowest BCUT2D eigenvalue weighted by Crippen LogP contribution is -2.39. The lowest BCUT2D eigenvalue weighted by molar-refractivity contribution is 0.0700. The van der Waals surface area contributed by atoms with Gasteiger partial charge in [0.25, 0.3) is 5.91 Å². The zero-order valence-corrected chi connectivity index (χ0v) is 17.7. The summed E-state index contributed by atoms with van der Waals surface area (Å²) in [7, 11) is 1.84. The van der Waals surface area contributed by atoms with Crippen molar-refractivity contribution in [3.8, 4) is 11.5 Å². The first-order valence-electron chi connectivity index (χ1n) is 10.3. The number of fused-ring (bicyclic) bond motifs is 1. The molecule has 5 rings (SSSR count). The normalized spacial score (nSPS) is 19.4. The molecule has 152 valence electrons. The fraction of sp³-hybridized carbons (Fsp3) is 0.524. The van der Waals surface area contributed by atoms with E-state index in [1.807, 2.05) is 29.5 Å². The van der Waals surface area contributed by atoms with Crippen LogP contribution < -0.4 is 0 Å². The standard InChI is InChI=1S/C21H25N5O2S/c1-13-18(24-19(28-13)15-10-22-25(2)11-15)21(27)26-9-5-6-14(12-26)20-23-16-7-3-4-8-17(16)29-20/h10-11,14H,3-9,12H2,1-2H3. The number of hydrogen-bond acceptors (Lipinski definition) is 6. The molecule has 0 radical (unpaired) electrons. The average molecular weight is 412 g/mol. The number of carbonyl (C=O) groups is 1. The number of thiazole rings is 1. The van der Waals surface area contributed by atoms with Crippen LogP contribution in [0.25, 0.3) is 11.5 Å². The monoisotopic (exact) mass is 411 g/mol. The van der Waals surface area contributed by atoms with Gasteiger partial charge in [-0.1, -0.05) is 0 Å². The summed E-state index contributed by atoms with van der Waals surface area (Å²) in [5, 5.41) is 5.36. The molecule has 4 heterocycles. The summed E-state index contributed by atoms with van der Waals surface area (Å²) in [4.78, 5) is 26.0. The highest BCUT2D eigenvalue weighted by Crippen LogP contribution is 2.35. The average Bonchev–Trinajstić information content (AvgIpc) is 3.45. The van der Waals surface area contributed by atoms with Crippen molar-refractivity contribution in [3.05, 3.63) is 39.4 Å². The molecule has 0 bridgehead atoms. The molecule has 0 aromatic carbocycles. The van der Waals surface area contributed by atoms with Gasteiger partial charge in [-0.05, 0) is 45.4 Å². The van der Waals surface area contributed by atoms with Gasteiger partial charge in [-0.25, -0.2) is 9.97 Å². The number of oxazole rings is 1. The molecule has 1 amide bonds. The van der Waals surface area contributed by atoms with Crippen molar-refractivity contribution in [2.24, 2.45) is 7.05 Å². The van der Waals surface area contributed by atoms with Gasteiger partial charge in [0.15, 0.2) is 5.69 Å². The van der Waals surface area contributed by atoms with Crippen molar-refractivity contribution >= 4 is 17.2 Å². The minimum atomic E-state index is -0.0487. The lowest BCUT2D eigenvalue weighted by Gasteiger charge is -2.31. The summed E-state index contributed by atoms with van der Waals surface area (Å²) in [6, 6.07) is 0. The molecule has 8 heteroatoms. The molecular weight excluding hydrogens is 386 g/mol. The van der Waals surface area contributed by atoms with E-state index in [0.29, 0.717) is 29.8 Å². The van der Waals surface area contributed by atoms with Gasteiger partial charge in [0.2, 0.25) is 5.89 Å². The van der Waals surface area contributed by atoms with E-state index in [2.05, 4.69) is 10.1 Å². The van der Waals surface area contributed by atoms with E-state index in [9.17, 15) is 4.79 Å². The smallest absolute Gasteiger partial charge is 0.276 e. The molecule has 1 atom stereocenters. The fourth-order valence-corrected chi connectivity index (χ4v) is 5.59. The summed E-state index contributed by atoms with van der Waals surface area (Å²) in [6.07, 6.45) is 10.4. The molecule has 0 spiro atoms. The number of aromatic nitrogens is 4. The Labute approximate surface area is 173 Å². The molecule has 2 aliphatic rings. The van der Waals surface area contributed by atoms with Gasteiger partial charge in [-0.15, -0.1) is 11.3 Å². The Hall–Kier alpha value is -2.48. The first kappa shape index (κ1) is 18.5. The van der Waals surface area contributed by atoms with Gasteiger partial charge >= 0.3 is 0 Å². The summed E-state index contributed by atoms with van der Waals surface area (Å²) in [5.41, 5.74) is 2.48. The van der Waals surface area contributed by atoms with Crippen LogP contribution in [0, 0.1) is 6.92 Å². The highest BCUT2D eigenvalue weighted by molar-refractivity contribution is 7.11. The summed E-state index contributed by atoms with van der Waals surface area (Å²) in [5.74, 6) is 1.28. The molecule has 0 saturated carbocycles. The zero-order valence-electron chi connectivity index (χ0n) is 16.8. The number of rotatable bonds is 3. The maximum Gasteiger partial charge on any atom is 0.276 e. The highest BCUT2D eigenvalue weighted by Gasteiger charge is 2.31. The van der Waals surface area contributed by atoms with E-state index in [0.717, 1.165) is 37.8 Å². The van der Waals surface area contributed by atoms with E-state index < -0.39 is 0 Å². The number of hydrogen-bond donors (Lipinski definition) is 0. The van der Waals surface area contributed by atoms with Crippen molar-refractivity contribution in [2.75, 3.05) is 13.1 Å². The Morgan fingerprint density at radius 1 is 1.24 bits per heavy atom. The van der Waals surface area contributed by atoms with Crippen LogP contribution in [0.3, 0.4) is 0 Å². The predicted molar refractivity (Wildman–Crippen MR) is 110 cm³/mol. The first-order chi connectivity index (χ1) is 14.1. The maximum absolute atomic E-state index is 13.2. The van der Waals surface area contributed by atoms with Gasteiger partial charge in [-0.3, -0.25) is 9.48 Å². The van der Waals surface area contributed by atoms with E-state index >= 15 is 0 Å². The number of likely N-dealkylation sites (tertiary alicyclic amines) is 1. The maximum atomic E-state index is 13.2. The fourth-order valence-electron chi connectivity index (χ4n) is 4.31. The molecular formula is C21H25N5O2S. The third-order valence-corrected chi connectivity index (χ3v) is 7.19. The second-order valence-corrected chi connectivity index (χ2v) is 9.16. The molecule has 1 aliphatic carbocycles. The largest absolute Gasteiger partial charge is 0.440 e. The van der Waals surface area contributed by atoms with E-state index in [1.165, 1.54) is 28.4 Å². The van der Waals surface area contributed by atoms with E-state index in [1.54, 1.807) is 17.8 Å². The van der Waals surface area contributed by atoms with Gasteiger partial charge < -0.3 is 9.32 Å². The molecule has 1 fully saturated rings. The molecule has 3 aromatic heterocycles. The summed E-state index contributed by atoms with van der Waals surface area (Å²) in [6.45, 7) is 3.27. The second kappa shape index (κ2) is 7.40.